The van der Waals surface area contributed by atoms with Crippen molar-refractivity contribution in [2.45, 2.75) is 33.1 Å². The Kier molecular flexibility index (Phi) is 8.88. The molecule has 0 spiro atoms. The van der Waals surface area contributed by atoms with Crippen molar-refractivity contribution >= 4 is 17.9 Å². The van der Waals surface area contributed by atoms with E-state index in [9.17, 15) is 4.79 Å². The molecule has 3 rings (SSSR count). The highest BCUT2D eigenvalue weighted by molar-refractivity contribution is 5.90. The number of nitrogens with zero attached hydrogens (tertiary/aromatic N) is 1. The van der Waals surface area contributed by atoms with Gasteiger partial charge < -0.3 is 14.8 Å². The first kappa shape index (κ1) is 23.9. The molecule has 0 aromatic heterocycles. The van der Waals surface area contributed by atoms with Gasteiger partial charge in [-0.25, -0.2) is 10.2 Å². The van der Waals surface area contributed by atoms with E-state index in [2.05, 4.69) is 54.8 Å². The summed E-state index contributed by atoms with van der Waals surface area (Å²) in [4.78, 5) is 11.8. The van der Waals surface area contributed by atoms with Crippen molar-refractivity contribution in [3.63, 3.8) is 0 Å². The number of nitrogens with one attached hydrogen (secondary N) is 2. The van der Waals surface area contributed by atoms with Gasteiger partial charge in [-0.3, -0.25) is 0 Å². The molecule has 0 heterocycles. The van der Waals surface area contributed by atoms with Crippen LogP contribution in [0.3, 0.4) is 0 Å². The van der Waals surface area contributed by atoms with Gasteiger partial charge in [0.15, 0.2) is 0 Å². The number of para-hydroxylation sites is 1. The molecule has 0 unspecified atom stereocenters. The van der Waals surface area contributed by atoms with Gasteiger partial charge in [0.1, 0.15) is 11.5 Å². The molecule has 2 N–H and O–H groups in total. The maximum Gasteiger partial charge on any atom is 0.339 e. The van der Waals surface area contributed by atoms with Crippen LogP contribution in [0.2, 0.25) is 0 Å². The highest BCUT2D eigenvalue weighted by Gasteiger charge is 2.08. The maximum absolute atomic E-state index is 11.8. The lowest BCUT2D eigenvalue weighted by molar-refractivity contribution is 0.245. The summed E-state index contributed by atoms with van der Waals surface area (Å²) in [5, 5.41) is 6.66. The van der Waals surface area contributed by atoms with Crippen molar-refractivity contribution in [2.24, 2.45) is 5.10 Å². The van der Waals surface area contributed by atoms with Crippen LogP contribution in [-0.2, 0) is 0 Å². The van der Waals surface area contributed by atoms with Crippen molar-refractivity contribution in [3.05, 3.63) is 89.5 Å². The molecule has 0 atom stereocenters. The van der Waals surface area contributed by atoms with Crippen molar-refractivity contribution in [1.29, 1.82) is 0 Å². The summed E-state index contributed by atoms with van der Waals surface area (Å²) in [6.45, 7) is 7.58. The molecule has 0 aliphatic rings. The third kappa shape index (κ3) is 8.00. The second-order valence-electron chi connectivity index (χ2n) is 8.01. The van der Waals surface area contributed by atoms with Gasteiger partial charge in [-0.05, 0) is 72.0 Å². The molecule has 3 aromatic carbocycles. The topological polar surface area (TPSA) is 72.0 Å². The Labute approximate surface area is 195 Å². The maximum atomic E-state index is 11.8. The first-order valence-corrected chi connectivity index (χ1v) is 11.1. The highest BCUT2D eigenvalue weighted by Crippen LogP contribution is 2.27. The molecule has 6 nitrogen and oxygen atoms in total. The average molecular weight is 446 g/mol. The molecule has 0 aliphatic heterocycles. The molecule has 33 heavy (non-hydrogen) atoms. The molecule has 0 aliphatic carbocycles. The van der Waals surface area contributed by atoms with Gasteiger partial charge in [-0.1, -0.05) is 44.2 Å². The largest absolute Gasteiger partial charge is 0.493 e. The van der Waals surface area contributed by atoms with Gasteiger partial charge >= 0.3 is 6.03 Å². The number of urea groups is 1. The lowest BCUT2D eigenvalue weighted by Gasteiger charge is -2.15. The van der Waals surface area contributed by atoms with Crippen LogP contribution >= 0.6 is 0 Å². The van der Waals surface area contributed by atoms with Crippen LogP contribution in [0.15, 0.2) is 77.9 Å². The van der Waals surface area contributed by atoms with Gasteiger partial charge in [-0.2, -0.15) is 5.10 Å². The molecule has 2 amide bonds. The van der Waals surface area contributed by atoms with Crippen molar-refractivity contribution < 1.29 is 14.3 Å². The van der Waals surface area contributed by atoms with E-state index >= 15 is 0 Å². The van der Waals surface area contributed by atoms with Crippen molar-refractivity contribution in [2.75, 3.05) is 18.5 Å². The predicted molar refractivity (Wildman–Crippen MR) is 134 cm³/mol. The summed E-state index contributed by atoms with van der Waals surface area (Å²) in [5.74, 6) is 2.16. The van der Waals surface area contributed by atoms with Crippen LogP contribution < -0.4 is 20.2 Å². The van der Waals surface area contributed by atoms with Gasteiger partial charge in [0.2, 0.25) is 0 Å². The Bertz CT molecular complexity index is 1050. The molecular formula is C27H31N3O3. The van der Waals surface area contributed by atoms with E-state index in [-0.39, 0.29) is 0 Å². The number of carbonyl (C=O) groups excluding carboxylic acids is 1. The summed E-state index contributed by atoms with van der Waals surface area (Å²) in [6.07, 6.45) is 2.37. The van der Waals surface area contributed by atoms with Crippen molar-refractivity contribution in [1.82, 2.24) is 5.43 Å². The number of anilines is 1. The lowest BCUT2D eigenvalue weighted by atomic mass is 10.0. The molecule has 0 fully saturated rings. The first-order chi connectivity index (χ1) is 16.0. The van der Waals surface area contributed by atoms with Gasteiger partial charge in [0.25, 0.3) is 0 Å². The smallest absolute Gasteiger partial charge is 0.339 e. The standard InChI is InChI=1S/C27H31N3O3/c1-20(2)25-15-10-21(3)18-26(25)33-17-7-16-32-24-13-11-22(12-14-24)19-28-30-27(31)29-23-8-5-4-6-9-23/h4-6,8-15,18-20H,7,16-17H2,1-3H3,(H2,29,30,31)/b28-19+. The molecular weight excluding hydrogens is 414 g/mol. The van der Waals surface area contributed by atoms with E-state index in [4.69, 9.17) is 9.47 Å². The second kappa shape index (κ2) is 12.3. The molecule has 0 saturated heterocycles. The minimum absolute atomic E-state index is 0.397. The fourth-order valence-electron chi connectivity index (χ4n) is 3.17. The van der Waals surface area contributed by atoms with E-state index in [1.165, 1.54) is 11.1 Å². The fraction of sp³-hybridized carbons (Fsp3) is 0.259. The summed E-state index contributed by atoms with van der Waals surface area (Å²) in [7, 11) is 0. The average Bonchev–Trinajstić information content (AvgIpc) is 2.80. The third-order valence-electron chi connectivity index (χ3n) is 4.90. The van der Waals surface area contributed by atoms with Gasteiger partial charge in [0.05, 0.1) is 19.4 Å². The van der Waals surface area contributed by atoms with Crippen LogP contribution in [0.25, 0.3) is 0 Å². The quantitative estimate of drug-likeness (QED) is 0.224. The number of hydrogen-bond donors (Lipinski definition) is 2. The minimum atomic E-state index is -0.397. The monoisotopic (exact) mass is 445 g/mol. The molecule has 0 radical (unpaired) electrons. The number of amides is 2. The van der Waals surface area contributed by atoms with Gasteiger partial charge in [-0.15, -0.1) is 0 Å². The molecule has 0 bridgehead atoms. The van der Waals surface area contributed by atoms with E-state index in [1.54, 1.807) is 18.3 Å². The first-order valence-electron chi connectivity index (χ1n) is 11.1. The number of ether oxygens (including phenoxy) is 2. The zero-order chi connectivity index (χ0) is 23.5. The number of aryl methyl sites for hydroxylation is 1. The van der Waals surface area contributed by atoms with Crippen LogP contribution in [0.5, 0.6) is 11.5 Å². The second-order valence-corrected chi connectivity index (χ2v) is 8.01. The summed E-state index contributed by atoms with van der Waals surface area (Å²) >= 11 is 0. The Morgan fingerprint density at radius 1 is 0.970 bits per heavy atom. The number of benzene rings is 3. The van der Waals surface area contributed by atoms with E-state index < -0.39 is 6.03 Å². The normalized spacial score (nSPS) is 10.9. The Morgan fingerprint density at radius 2 is 1.70 bits per heavy atom. The number of carbonyl (C=O) groups is 1. The molecule has 3 aromatic rings. The van der Waals surface area contributed by atoms with Crippen LogP contribution in [0.1, 0.15) is 42.9 Å². The lowest BCUT2D eigenvalue weighted by Crippen LogP contribution is -2.24. The van der Waals surface area contributed by atoms with E-state index in [0.717, 1.165) is 23.5 Å². The number of hydrazone groups is 1. The van der Waals surface area contributed by atoms with Crippen molar-refractivity contribution in [3.8, 4) is 11.5 Å². The van der Waals surface area contributed by atoms with Crippen LogP contribution in [0.4, 0.5) is 10.5 Å². The van der Waals surface area contributed by atoms with E-state index in [1.807, 2.05) is 42.5 Å². The zero-order valence-electron chi connectivity index (χ0n) is 19.4. The molecule has 172 valence electrons. The Hall–Kier alpha value is -3.80. The summed E-state index contributed by atoms with van der Waals surface area (Å²) < 4.78 is 11.8. The SMILES string of the molecule is Cc1ccc(C(C)C)c(OCCCOc2ccc(/C=N/NC(=O)Nc3ccccc3)cc2)c1. The van der Waals surface area contributed by atoms with Crippen LogP contribution in [-0.4, -0.2) is 25.5 Å². The Morgan fingerprint density at radius 3 is 2.42 bits per heavy atom. The Balaban J connectivity index is 1.37. The fourth-order valence-corrected chi connectivity index (χ4v) is 3.17. The zero-order valence-corrected chi connectivity index (χ0v) is 19.4. The summed E-state index contributed by atoms with van der Waals surface area (Å²) in [6, 6.07) is 22.7. The third-order valence-corrected chi connectivity index (χ3v) is 4.90. The minimum Gasteiger partial charge on any atom is -0.493 e. The molecule has 0 saturated carbocycles. The predicted octanol–water partition coefficient (Wildman–Crippen LogP) is 6.12. The highest BCUT2D eigenvalue weighted by atomic mass is 16.5. The molecule has 6 heteroatoms. The van der Waals surface area contributed by atoms with E-state index in [0.29, 0.717) is 24.8 Å². The summed E-state index contributed by atoms with van der Waals surface area (Å²) in [5.41, 5.74) is 6.43. The number of rotatable bonds is 10. The number of hydrogen-bond acceptors (Lipinski definition) is 4. The van der Waals surface area contributed by atoms with Crippen LogP contribution in [0, 0.1) is 6.92 Å². The van der Waals surface area contributed by atoms with Gasteiger partial charge in [0, 0.05) is 12.1 Å².